The zero-order valence-corrected chi connectivity index (χ0v) is 16.6. The molecule has 5 nitrogen and oxygen atoms in total. The molecule has 1 amide bonds. The fourth-order valence-corrected chi connectivity index (χ4v) is 3.61. The van der Waals surface area contributed by atoms with Crippen molar-refractivity contribution in [2.45, 2.75) is 25.4 Å². The topological polar surface area (TPSA) is 56.7 Å². The molecule has 1 saturated heterocycles. The van der Waals surface area contributed by atoms with Gasteiger partial charge in [0.25, 0.3) is 0 Å². The third-order valence-corrected chi connectivity index (χ3v) is 5.48. The van der Waals surface area contributed by atoms with Gasteiger partial charge in [-0.1, -0.05) is 28.1 Å². The lowest BCUT2D eigenvalue weighted by Gasteiger charge is -2.25. The minimum atomic E-state index is 0.0335. The van der Waals surface area contributed by atoms with Crippen LogP contribution in [0.3, 0.4) is 0 Å². The third kappa shape index (κ3) is 6.73. The number of thioether (sulfide) groups is 1. The molecule has 0 radical (unpaired) electrons. The van der Waals surface area contributed by atoms with Crippen molar-refractivity contribution in [3.63, 3.8) is 0 Å². The van der Waals surface area contributed by atoms with E-state index < -0.39 is 0 Å². The first-order valence-electron chi connectivity index (χ1n) is 8.12. The molecule has 0 saturated carbocycles. The first-order valence-corrected chi connectivity index (χ1v) is 10.1. The van der Waals surface area contributed by atoms with Gasteiger partial charge in [0.15, 0.2) is 5.96 Å². The van der Waals surface area contributed by atoms with Gasteiger partial charge in [-0.05, 0) is 36.3 Å². The van der Waals surface area contributed by atoms with Crippen LogP contribution in [0.4, 0.5) is 0 Å². The van der Waals surface area contributed by atoms with Gasteiger partial charge in [-0.25, -0.2) is 4.99 Å². The molecular weight excluding hydrogens is 388 g/mol. The van der Waals surface area contributed by atoms with Gasteiger partial charge in [0.2, 0.25) is 5.91 Å². The molecule has 0 aliphatic carbocycles. The highest BCUT2D eigenvalue weighted by Crippen LogP contribution is 2.17. The SMILES string of the molecule is CN(C)C(=O)CNC(=NCc1ccc(Br)cc1)NC1CCCSC1. The highest BCUT2D eigenvalue weighted by molar-refractivity contribution is 9.10. The summed E-state index contributed by atoms with van der Waals surface area (Å²) >= 11 is 5.41. The largest absolute Gasteiger partial charge is 0.353 e. The smallest absolute Gasteiger partial charge is 0.241 e. The molecule has 24 heavy (non-hydrogen) atoms. The number of nitrogens with one attached hydrogen (secondary N) is 2. The van der Waals surface area contributed by atoms with Crippen molar-refractivity contribution in [1.29, 1.82) is 0 Å². The van der Waals surface area contributed by atoms with Crippen molar-refractivity contribution in [3.8, 4) is 0 Å². The average molecular weight is 413 g/mol. The summed E-state index contributed by atoms with van der Waals surface area (Å²) in [6.45, 7) is 0.831. The van der Waals surface area contributed by atoms with Crippen LogP contribution >= 0.6 is 27.7 Å². The summed E-state index contributed by atoms with van der Waals surface area (Å²) in [5.41, 5.74) is 1.14. The van der Waals surface area contributed by atoms with Gasteiger partial charge < -0.3 is 15.5 Å². The number of likely N-dealkylation sites (N-methyl/N-ethyl adjacent to an activating group) is 1. The molecule has 0 bridgehead atoms. The Hall–Kier alpha value is -1.21. The number of carbonyl (C=O) groups excluding carboxylic acids is 1. The van der Waals surface area contributed by atoms with Crippen LogP contribution in [0.2, 0.25) is 0 Å². The van der Waals surface area contributed by atoms with Crippen LogP contribution in [-0.4, -0.2) is 55.0 Å². The van der Waals surface area contributed by atoms with E-state index in [1.165, 1.54) is 12.2 Å². The first-order chi connectivity index (χ1) is 11.5. The highest BCUT2D eigenvalue weighted by atomic mass is 79.9. The zero-order chi connectivity index (χ0) is 17.4. The summed E-state index contributed by atoms with van der Waals surface area (Å²) in [5, 5.41) is 6.63. The summed E-state index contributed by atoms with van der Waals surface area (Å²) in [4.78, 5) is 18.0. The van der Waals surface area contributed by atoms with Crippen LogP contribution in [0.1, 0.15) is 18.4 Å². The minimum Gasteiger partial charge on any atom is -0.353 e. The van der Waals surface area contributed by atoms with E-state index in [0.717, 1.165) is 22.2 Å². The Kier molecular flexibility index (Phi) is 7.91. The molecule has 0 aromatic heterocycles. The van der Waals surface area contributed by atoms with Crippen LogP contribution in [-0.2, 0) is 11.3 Å². The Morgan fingerprint density at radius 3 is 2.75 bits per heavy atom. The number of benzene rings is 1. The molecule has 2 rings (SSSR count). The molecule has 2 N–H and O–H groups in total. The lowest BCUT2D eigenvalue weighted by Crippen LogP contribution is -2.48. The second-order valence-electron chi connectivity index (χ2n) is 5.99. The van der Waals surface area contributed by atoms with Crippen molar-refractivity contribution < 1.29 is 4.79 Å². The molecule has 1 aromatic rings. The third-order valence-electron chi connectivity index (χ3n) is 3.74. The fraction of sp³-hybridized carbons (Fsp3) is 0.529. The van der Waals surface area contributed by atoms with Crippen molar-refractivity contribution in [2.75, 3.05) is 32.1 Å². The maximum absolute atomic E-state index is 11.8. The summed E-state index contributed by atoms with van der Waals surface area (Å²) in [5.74, 6) is 3.06. The number of halogens is 1. The number of guanidine groups is 1. The highest BCUT2D eigenvalue weighted by Gasteiger charge is 2.15. The number of hydrogen-bond acceptors (Lipinski definition) is 3. The Balaban J connectivity index is 1.97. The van der Waals surface area contributed by atoms with E-state index in [4.69, 9.17) is 0 Å². The van der Waals surface area contributed by atoms with E-state index in [1.54, 1.807) is 19.0 Å². The number of amides is 1. The normalized spacial score (nSPS) is 18.1. The van der Waals surface area contributed by atoms with Gasteiger partial charge in [0.05, 0.1) is 13.1 Å². The van der Waals surface area contributed by atoms with E-state index in [2.05, 4.69) is 31.6 Å². The molecule has 1 unspecified atom stereocenters. The van der Waals surface area contributed by atoms with Gasteiger partial charge in [-0.2, -0.15) is 11.8 Å². The number of hydrogen-bond donors (Lipinski definition) is 2. The van der Waals surface area contributed by atoms with E-state index >= 15 is 0 Å². The second-order valence-corrected chi connectivity index (χ2v) is 8.06. The first kappa shape index (κ1) is 19.1. The number of aliphatic imine (C=N–C) groups is 1. The van der Waals surface area contributed by atoms with E-state index in [0.29, 0.717) is 18.5 Å². The standard InChI is InChI=1S/C17H25BrN4OS/c1-22(2)16(23)11-20-17(21-15-4-3-9-24-12-15)19-10-13-5-7-14(18)8-6-13/h5-8,15H,3-4,9-12H2,1-2H3,(H2,19,20,21). The number of carbonyl (C=O) groups is 1. The molecule has 7 heteroatoms. The van der Waals surface area contributed by atoms with E-state index in [-0.39, 0.29) is 12.5 Å². The fourth-order valence-electron chi connectivity index (χ4n) is 2.28. The molecule has 1 aliphatic heterocycles. The summed E-state index contributed by atoms with van der Waals surface area (Å²) in [7, 11) is 3.52. The molecular formula is C17H25BrN4OS. The average Bonchev–Trinajstić information content (AvgIpc) is 2.59. The van der Waals surface area contributed by atoms with Crippen molar-refractivity contribution in [2.24, 2.45) is 4.99 Å². The Morgan fingerprint density at radius 1 is 1.38 bits per heavy atom. The predicted octanol–water partition coefficient (Wildman–Crippen LogP) is 2.47. The lowest BCUT2D eigenvalue weighted by atomic mass is 10.2. The summed E-state index contributed by atoms with van der Waals surface area (Å²) < 4.78 is 1.06. The Bertz CT molecular complexity index is 556. The maximum atomic E-state index is 11.8. The summed E-state index contributed by atoms with van der Waals surface area (Å²) in [6.07, 6.45) is 2.37. The maximum Gasteiger partial charge on any atom is 0.241 e. The van der Waals surface area contributed by atoms with Crippen molar-refractivity contribution >= 4 is 39.6 Å². The van der Waals surface area contributed by atoms with Crippen LogP contribution in [0.25, 0.3) is 0 Å². The van der Waals surface area contributed by atoms with E-state index in [9.17, 15) is 4.79 Å². The van der Waals surface area contributed by atoms with Crippen molar-refractivity contribution in [1.82, 2.24) is 15.5 Å². The quantitative estimate of drug-likeness (QED) is 0.575. The second kappa shape index (κ2) is 9.93. The van der Waals surface area contributed by atoms with Crippen LogP contribution in [0.5, 0.6) is 0 Å². The van der Waals surface area contributed by atoms with Crippen molar-refractivity contribution in [3.05, 3.63) is 34.3 Å². The van der Waals surface area contributed by atoms with Crippen LogP contribution in [0, 0.1) is 0 Å². The monoisotopic (exact) mass is 412 g/mol. The molecule has 1 atom stereocenters. The lowest BCUT2D eigenvalue weighted by molar-refractivity contribution is -0.127. The van der Waals surface area contributed by atoms with Gasteiger partial charge in [-0.15, -0.1) is 0 Å². The van der Waals surface area contributed by atoms with Gasteiger partial charge >= 0.3 is 0 Å². The Morgan fingerprint density at radius 2 is 2.12 bits per heavy atom. The molecule has 1 heterocycles. The number of nitrogens with zero attached hydrogens (tertiary/aromatic N) is 2. The molecule has 132 valence electrons. The van der Waals surface area contributed by atoms with Gasteiger partial charge in [-0.3, -0.25) is 4.79 Å². The van der Waals surface area contributed by atoms with Gasteiger partial charge in [0, 0.05) is 30.4 Å². The molecule has 0 spiro atoms. The predicted molar refractivity (Wildman–Crippen MR) is 105 cm³/mol. The molecule has 1 fully saturated rings. The van der Waals surface area contributed by atoms with E-state index in [1.807, 2.05) is 36.0 Å². The molecule has 1 aliphatic rings. The Labute approximate surface area is 156 Å². The number of rotatable bonds is 5. The molecule has 1 aromatic carbocycles. The van der Waals surface area contributed by atoms with Gasteiger partial charge in [0.1, 0.15) is 0 Å². The van der Waals surface area contributed by atoms with Crippen LogP contribution in [0.15, 0.2) is 33.7 Å². The zero-order valence-electron chi connectivity index (χ0n) is 14.2. The minimum absolute atomic E-state index is 0.0335. The van der Waals surface area contributed by atoms with Crippen LogP contribution < -0.4 is 10.6 Å². The summed E-state index contributed by atoms with van der Waals surface area (Å²) in [6, 6.07) is 8.53.